The summed E-state index contributed by atoms with van der Waals surface area (Å²) in [5.74, 6) is -0.609. The zero-order chi connectivity index (χ0) is 24.8. The maximum Gasteiger partial charge on any atom is 0.416 e. The molecule has 0 atom stereocenters. The minimum atomic E-state index is -4.50. The Morgan fingerprint density at radius 2 is 1.21 bits per heavy atom. The summed E-state index contributed by atoms with van der Waals surface area (Å²) in [7, 11) is 0. The standard InChI is InChI=1S/C24H16F6O2S2/c1-3-32-22(31)21-18(14-6-10-16(11-7-14)24(28,29)30)20-19(34-21)17(12(2)33-20)13-4-8-15(9-5-13)23(25,26)27/h4-11H,3H2,1-2H3. The van der Waals surface area contributed by atoms with E-state index in [2.05, 4.69) is 0 Å². The van der Waals surface area contributed by atoms with Crippen LogP contribution in [0.5, 0.6) is 0 Å². The van der Waals surface area contributed by atoms with Gasteiger partial charge in [-0.1, -0.05) is 24.3 Å². The Morgan fingerprint density at radius 3 is 1.65 bits per heavy atom. The van der Waals surface area contributed by atoms with E-state index >= 15 is 0 Å². The Kier molecular flexibility index (Phi) is 6.24. The third-order valence-corrected chi connectivity index (χ3v) is 7.60. The molecule has 0 saturated carbocycles. The summed E-state index contributed by atoms with van der Waals surface area (Å²) >= 11 is 2.45. The van der Waals surface area contributed by atoms with Crippen LogP contribution < -0.4 is 0 Å². The number of fused-ring (bicyclic) bond motifs is 1. The molecule has 2 nitrogen and oxygen atoms in total. The number of hydrogen-bond acceptors (Lipinski definition) is 4. The zero-order valence-corrected chi connectivity index (χ0v) is 19.4. The fourth-order valence-electron chi connectivity index (χ4n) is 3.63. The van der Waals surface area contributed by atoms with Crippen LogP contribution in [0.2, 0.25) is 0 Å². The van der Waals surface area contributed by atoms with Crippen LogP contribution in [0.1, 0.15) is 32.6 Å². The van der Waals surface area contributed by atoms with Crippen LogP contribution in [0, 0.1) is 6.92 Å². The molecule has 0 spiro atoms. The molecular formula is C24H16F6O2S2. The van der Waals surface area contributed by atoms with Gasteiger partial charge in [0.05, 0.1) is 27.1 Å². The van der Waals surface area contributed by atoms with Crippen molar-refractivity contribution in [2.45, 2.75) is 26.2 Å². The smallest absolute Gasteiger partial charge is 0.416 e. The summed E-state index contributed by atoms with van der Waals surface area (Å²) in [6.45, 7) is 3.57. The molecule has 4 rings (SSSR count). The fraction of sp³-hybridized carbons (Fsp3) is 0.208. The number of carbonyl (C=O) groups is 1. The lowest BCUT2D eigenvalue weighted by Gasteiger charge is -2.08. The Balaban J connectivity index is 1.91. The van der Waals surface area contributed by atoms with E-state index in [1.165, 1.54) is 35.6 Å². The molecule has 0 saturated heterocycles. The van der Waals surface area contributed by atoms with Gasteiger partial charge in [-0.2, -0.15) is 26.3 Å². The van der Waals surface area contributed by atoms with Crippen LogP contribution in [-0.2, 0) is 17.1 Å². The number of thiophene rings is 2. The molecule has 10 heteroatoms. The zero-order valence-electron chi connectivity index (χ0n) is 17.7. The number of alkyl halides is 6. The highest BCUT2D eigenvalue weighted by Crippen LogP contribution is 2.50. The van der Waals surface area contributed by atoms with Crippen LogP contribution in [-0.4, -0.2) is 12.6 Å². The van der Waals surface area contributed by atoms with Crippen LogP contribution in [0.4, 0.5) is 26.3 Å². The number of halogens is 6. The van der Waals surface area contributed by atoms with E-state index in [1.807, 2.05) is 6.92 Å². The number of carbonyl (C=O) groups excluding carboxylic acids is 1. The minimum absolute atomic E-state index is 0.113. The Hall–Kier alpha value is -2.85. The van der Waals surface area contributed by atoms with Gasteiger partial charge in [-0.15, -0.1) is 22.7 Å². The number of esters is 1. The average molecular weight is 515 g/mol. The predicted octanol–water partition coefficient (Wildman–Crippen LogP) is 8.82. The van der Waals surface area contributed by atoms with Crippen LogP contribution in [0.3, 0.4) is 0 Å². The second kappa shape index (κ2) is 8.74. The number of ether oxygens (including phenoxy) is 1. The van der Waals surface area contributed by atoms with Crippen molar-refractivity contribution in [3.63, 3.8) is 0 Å². The average Bonchev–Trinajstić information content (AvgIpc) is 3.27. The highest BCUT2D eigenvalue weighted by molar-refractivity contribution is 7.30. The van der Waals surface area contributed by atoms with Gasteiger partial charge in [-0.3, -0.25) is 0 Å². The number of hydrogen-bond donors (Lipinski definition) is 0. The van der Waals surface area contributed by atoms with Gasteiger partial charge in [0.25, 0.3) is 0 Å². The molecule has 0 amide bonds. The maximum absolute atomic E-state index is 13.0. The van der Waals surface area contributed by atoms with Gasteiger partial charge in [0.1, 0.15) is 4.88 Å². The molecule has 0 N–H and O–H groups in total. The van der Waals surface area contributed by atoms with Crippen molar-refractivity contribution in [3.8, 4) is 22.3 Å². The number of rotatable bonds is 4. The van der Waals surface area contributed by atoms with Gasteiger partial charge in [0.2, 0.25) is 0 Å². The Bertz CT molecular complexity index is 1340. The van der Waals surface area contributed by atoms with Crippen LogP contribution in [0.15, 0.2) is 48.5 Å². The predicted molar refractivity (Wildman–Crippen MR) is 121 cm³/mol. The van der Waals surface area contributed by atoms with Crippen molar-refractivity contribution in [2.75, 3.05) is 6.61 Å². The lowest BCUT2D eigenvalue weighted by Crippen LogP contribution is -2.05. The SMILES string of the molecule is CCOC(=O)c1sc2c(-c3ccc(C(F)(F)F)cc3)c(C)sc2c1-c1ccc(C(F)(F)F)cc1. The molecular weight excluding hydrogens is 498 g/mol. The van der Waals surface area contributed by atoms with Gasteiger partial charge in [0.15, 0.2) is 0 Å². The molecule has 0 bridgehead atoms. The quantitative estimate of drug-likeness (QED) is 0.201. The van der Waals surface area contributed by atoms with E-state index in [1.54, 1.807) is 6.92 Å². The molecule has 178 valence electrons. The first-order chi connectivity index (χ1) is 15.9. The molecule has 0 unspecified atom stereocenters. The van der Waals surface area contributed by atoms with E-state index in [9.17, 15) is 31.1 Å². The first-order valence-corrected chi connectivity index (χ1v) is 11.6. The van der Waals surface area contributed by atoms with Crippen molar-refractivity contribution in [3.05, 3.63) is 69.4 Å². The number of benzene rings is 2. The van der Waals surface area contributed by atoms with Gasteiger partial charge < -0.3 is 4.74 Å². The summed E-state index contributed by atoms with van der Waals surface area (Å²) in [5, 5.41) is 0. The molecule has 2 heterocycles. The van der Waals surface area contributed by atoms with Crippen molar-refractivity contribution in [1.29, 1.82) is 0 Å². The maximum atomic E-state index is 13.0. The molecule has 0 radical (unpaired) electrons. The largest absolute Gasteiger partial charge is 0.462 e. The minimum Gasteiger partial charge on any atom is -0.462 e. The third-order valence-electron chi connectivity index (χ3n) is 5.16. The van der Waals surface area contributed by atoms with E-state index < -0.39 is 29.4 Å². The highest BCUT2D eigenvalue weighted by Gasteiger charge is 2.32. The Labute approximate surface area is 198 Å². The molecule has 2 aromatic heterocycles. The second-order valence-corrected chi connectivity index (χ2v) is 9.61. The second-order valence-electron chi connectivity index (χ2n) is 7.37. The summed E-state index contributed by atoms with van der Waals surface area (Å²) in [4.78, 5) is 13.8. The summed E-state index contributed by atoms with van der Waals surface area (Å²) in [6.07, 6.45) is -8.96. The molecule has 0 aliphatic carbocycles. The summed E-state index contributed by atoms with van der Waals surface area (Å²) in [6, 6.07) is 9.25. The molecule has 0 aliphatic heterocycles. The molecule has 0 aliphatic rings. The van der Waals surface area contributed by atoms with E-state index in [-0.39, 0.29) is 11.5 Å². The lowest BCUT2D eigenvalue weighted by atomic mass is 10.0. The van der Waals surface area contributed by atoms with Crippen molar-refractivity contribution < 1.29 is 35.9 Å². The van der Waals surface area contributed by atoms with Gasteiger partial charge in [-0.25, -0.2) is 4.79 Å². The lowest BCUT2D eigenvalue weighted by molar-refractivity contribution is -0.138. The molecule has 34 heavy (non-hydrogen) atoms. The molecule has 2 aromatic carbocycles. The first kappa shape index (κ1) is 24.3. The molecule has 4 aromatic rings. The van der Waals surface area contributed by atoms with Gasteiger partial charge in [0, 0.05) is 16.0 Å². The van der Waals surface area contributed by atoms with E-state index in [0.29, 0.717) is 31.7 Å². The topological polar surface area (TPSA) is 26.3 Å². The Morgan fingerprint density at radius 1 is 0.765 bits per heavy atom. The van der Waals surface area contributed by atoms with E-state index in [4.69, 9.17) is 4.74 Å². The van der Waals surface area contributed by atoms with Gasteiger partial charge >= 0.3 is 18.3 Å². The summed E-state index contributed by atoms with van der Waals surface area (Å²) < 4.78 is 84.5. The molecule has 0 fully saturated rings. The van der Waals surface area contributed by atoms with Gasteiger partial charge in [-0.05, 0) is 49.2 Å². The van der Waals surface area contributed by atoms with Crippen LogP contribution in [0.25, 0.3) is 31.7 Å². The van der Waals surface area contributed by atoms with Crippen molar-refractivity contribution in [1.82, 2.24) is 0 Å². The number of aryl methyl sites for hydroxylation is 1. The van der Waals surface area contributed by atoms with E-state index in [0.717, 1.165) is 40.5 Å². The highest BCUT2D eigenvalue weighted by atomic mass is 32.1. The monoisotopic (exact) mass is 514 g/mol. The summed E-state index contributed by atoms with van der Waals surface area (Å²) in [5.41, 5.74) is 0.521. The fourth-order valence-corrected chi connectivity index (χ4v) is 6.39. The normalized spacial score (nSPS) is 12.4. The third kappa shape index (κ3) is 4.44. The van der Waals surface area contributed by atoms with Crippen molar-refractivity contribution in [2.24, 2.45) is 0 Å². The van der Waals surface area contributed by atoms with Crippen molar-refractivity contribution >= 4 is 38.0 Å². The van der Waals surface area contributed by atoms with Crippen LogP contribution >= 0.6 is 22.7 Å². The first-order valence-electron chi connectivity index (χ1n) is 10.00.